The van der Waals surface area contributed by atoms with Gasteiger partial charge >= 0.3 is 0 Å². The van der Waals surface area contributed by atoms with Crippen LogP contribution < -0.4 is 0 Å². The van der Waals surface area contributed by atoms with E-state index in [-0.39, 0.29) is 5.91 Å². The summed E-state index contributed by atoms with van der Waals surface area (Å²) in [5, 5.41) is 1.19. The molecule has 0 radical (unpaired) electrons. The van der Waals surface area contributed by atoms with Crippen molar-refractivity contribution in [2.45, 2.75) is 58.4 Å². The summed E-state index contributed by atoms with van der Waals surface area (Å²) in [4.78, 5) is 18.4. The molecule has 1 aliphatic rings. The van der Waals surface area contributed by atoms with Crippen molar-refractivity contribution in [3.63, 3.8) is 0 Å². The summed E-state index contributed by atoms with van der Waals surface area (Å²) in [7, 11) is 0. The second-order valence-electron chi connectivity index (χ2n) is 6.42. The molecule has 1 fully saturated rings. The zero-order valence-corrected chi connectivity index (χ0v) is 13.7. The lowest BCUT2D eigenvalue weighted by Gasteiger charge is -2.33. The van der Waals surface area contributed by atoms with Gasteiger partial charge in [0.1, 0.15) is 0 Å². The number of rotatable bonds is 4. The lowest BCUT2D eigenvalue weighted by Crippen LogP contribution is -2.42. The number of amides is 1. The lowest BCUT2D eigenvalue weighted by atomic mass is 9.93. The second kappa shape index (κ2) is 6.55. The summed E-state index contributed by atoms with van der Waals surface area (Å²) in [6.45, 7) is 5.00. The van der Waals surface area contributed by atoms with Gasteiger partial charge in [-0.25, -0.2) is 0 Å². The van der Waals surface area contributed by atoms with Crippen LogP contribution >= 0.6 is 0 Å². The van der Waals surface area contributed by atoms with Gasteiger partial charge in [-0.2, -0.15) is 0 Å². The van der Waals surface area contributed by atoms with Crippen molar-refractivity contribution in [2.24, 2.45) is 0 Å². The van der Waals surface area contributed by atoms with Crippen molar-refractivity contribution in [3.8, 4) is 0 Å². The highest BCUT2D eigenvalue weighted by atomic mass is 16.2. The Hall–Kier alpha value is -1.77. The Balaban J connectivity index is 1.80. The zero-order chi connectivity index (χ0) is 15.5. The largest absolute Gasteiger partial charge is 0.358 e. The van der Waals surface area contributed by atoms with Gasteiger partial charge < -0.3 is 9.88 Å². The van der Waals surface area contributed by atoms with Gasteiger partial charge in [0.2, 0.25) is 5.91 Å². The number of benzene rings is 1. The van der Waals surface area contributed by atoms with E-state index in [1.54, 1.807) is 0 Å². The van der Waals surface area contributed by atoms with Gasteiger partial charge in [0.25, 0.3) is 0 Å². The van der Waals surface area contributed by atoms with E-state index in [9.17, 15) is 4.79 Å². The highest BCUT2D eigenvalue weighted by Gasteiger charge is 2.25. The van der Waals surface area contributed by atoms with Crippen molar-refractivity contribution in [1.82, 2.24) is 9.88 Å². The van der Waals surface area contributed by atoms with E-state index in [4.69, 9.17) is 0 Å². The average molecular weight is 298 g/mol. The molecule has 1 aromatic heterocycles. The quantitative estimate of drug-likeness (QED) is 0.902. The number of H-pyrrole nitrogens is 1. The number of likely N-dealkylation sites (N-methyl/N-ethyl adjacent to an activating group) is 1. The van der Waals surface area contributed by atoms with E-state index in [2.05, 4.69) is 35.9 Å². The number of aromatic amines is 1. The summed E-state index contributed by atoms with van der Waals surface area (Å²) in [6.07, 6.45) is 6.71. The third kappa shape index (κ3) is 2.90. The van der Waals surface area contributed by atoms with E-state index in [0.29, 0.717) is 12.5 Å². The van der Waals surface area contributed by atoms with Crippen LogP contribution in [0.1, 0.15) is 50.3 Å². The molecule has 1 aliphatic carbocycles. The Bertz CT molecular complexity index is 652. The maximum absolute atomic E-state index is 12.8. The van der Waals surface area contributed by atoms with Crippen LogP contribution in [-0.2, 0) is 11.2 Å². The predicted octanol–water partition coefficient (Wildman–Crippen LogP) is 4.20. The molecule has 1 aromatic carbocycles. The molecule has 1 heterocycles. The van der Waals surface area contributed by atoms with Crippen LogP contribution in [0.25, 0.3) is 10.9 Å². The van der Waals surface area contributed by atoms with E-state index in [1.807, 2.05) is 12.1 Å². The fraction of sp³-hybridized carbons (Fsp3) is 0.526. The fourth-order valence-corrected chi connectivity index (χ4v) is 3.85. The molecular weight excluding hydrogens is 272 g/mol. The first kappa shape index (κ1) is 15.1. The van der Waals surface area contributed by atoms with Crippen LogP contribution in [0.4, 0.5) is 0 Å². The molecule has 1 N–H and O–H groups in total. The van der Waals surface area contributed by atoms with Crippen LogP contribution in [-0.4, -0.2) is 28.4 Å². The molecule has 3 nitrogen and oxygen atoms in total. The van der Waals surface area contributed by atoms with E-state index >= 15 is 0 Å². The van der Waals surface area contributed by atoms with Gasteiger partial charge in [-0.05, 0) is 38.3 Å². The Kier molecular flexibility index (Phi) is 4.51. The van der Waals surface area contributed by atoms with Crippen LogP contribution in [0.2, 0.25) is 0 Å². The van der Waals surface area contributed by atoms with Crippen LogP contribution in [0.15, 0.2) is 24.3 Å². The lowest BCUT2D eigenvalue weighted by molar-refractivity contribution is -0.133. The Morgan fingerprint density at radius 3 is 2.68 bits per heavy atom. The standard InChI is InChI=1S/C19H26N2O/c1-3-21(15-9-5-4-6-10-15)19(22)13-17-14(2)20-18-12-8-7-11-16(17)18/h7-8,11-12,15,20H,3-6,9-10,13H2,1-2H3. The smallest absolute Gasteiger partial charge is 0.227 e. The first-order valence-corrected chi connectivity index (χ1v) is 8.56. The number of nitrogens with one attached hydrogen (secondary N) is 1. The number of nitrogens with zero attached hydrogens (tertiary/aromatic N) is 1. The van der Waals surface area contributed by atoms with Crippen LogP contribution in [0.3, 0.4) is 0 Å². The molecule has 22 heavy (non-hydrogen) atoms. The number of aryl methyl sites for hydroxylation is 1. The molecule has 0 saturated heterocycles. The van der Waals surface area contributed by atoms with Gasteiger partial charge in [-0.15, -0.1) is 0 Å². The van der Waals surface area contributed by atoms with Crippen molar-refractivity contribution in [1.29, 1.82) is 0 Å². The number of hydrogen-bond acceptors (Lipinski definition) is 1. The van der Waals surface area contributed by atoms with Gasteiger partial charge in [-0.1, -0.05) is 37.5 Å². The molecule has 0 spiro atoms. The van der Waals surface area contributed by atoms with Crippen molar-refractivity contribution < 1.29 is 4.79 Å². The number of fused-ring (bicyclic) bond motifs is 1. The highest BCUT2D eigenvalue weighted by Crippen LogP contribution is 2.26. The molecule has 3 heteroatoms. The number of aromatic nitrogens is 1. The summed E-state index contributed by atoms with van der Waals surface area (Å²) in [5.74, 6) is 0.280. The summed E-state index contributed by atoms with van der Waals surface area (Å²) >= 11 is 0. The minimum Gasteiger partial charge on any atom is -0.358 e. The molecule has 0 bridgehead atoms. The number of carbonyl (C=O) groups excluding carboxylic acids is 1. The molecule has 0 unspecified atom stereocenters. The normalized spacial score (nSPS) is 16.1. The fourth-order valence-electron chi connectivity index (χ4n) is 3.85. The van der Waals surface area contributed by atoms with E-state index < -0.39 is 0 Å². The van der Waals surface area contributed by atoms with Gasteiger partial charge in [0.05, 0.1) is 6.42 Å². The predicted molar refractivity (Wildman–Crippen MR) is 91.0 cm³/mol. The van der Waals surface area contributed by atoms with Gasteiger partial charge in [0.15, 0.2) is 0 Å². The molecule has 1 amide bonds. The molecule has 0 aliphatic heterocycles. The van der Waals surface area contributed by atoms with E-state index in [1.165, 1.54) is 37.5 Å². The summed E-state index contributed by atoms with van der Waals surface area (Å²) < 4.78 is 0. The molecule has 0 atom stereocenters. The Morgan fingerprint density at radius 1 is 1.23 bits per heavy atom. The highest BCUT2D eigenvalue weighted by molar-refractivity contribution is 5.90. The number of hydrogen-bond donors (Lipinski definition) is 1. The second-order valence-corrected chi connectivity index (χ2v) is 6.42. The molecule has 3 rings (SSSR count). The van der Waals surface area contributed by atoms with Gasteiger partial charge in [-0.3, -0.25) is 4.79 Å². The molecular formula is C19H26N2O. The van der Waals surface area contributed by atoms with Crippen LogP contribution in [0.5, 0.6) is 0 Å². The maximum atomic E-state index is 12.8. The van der Waals surface area contributed by atoms with Crippen molar-refractivity contribution >= 4 is 16.8 Å². The van der Waals surface area contributed by atoms with E-state index in [0.717, 1.165) is 23.3 Å². The number of para-hydroxylation sites is 1. The zero-order valence-electron chi connectivity index (χ0n) is 13.7. The molecule has 118 valence electrons. The Labute approximate surface area is 132 Å². The minimum absolute atomic E-state index is 0.280. The topological polar surface area (TPSA) is 36.1 Å². The molecule has 2 aromatic rings. The minimum atomic E-state index is 0.280. The van der Waals surface area contributed by atoms with Crippen LogP contribution in [0, 0.1) is 6.92 Å². The number of carbonyl (C=O) groups is 1. The first-order chi connectivity index (χ1) is 10.7. The third-order valence-electron chi connectivity index (χ3n) is 5.03. The summed E-state index contributed by atoms with van der Waals surface area (Å²) in [5.41, 5.74) is 3.41. The van der Waals surface area contributed by atoms with Crippen molar-refractivity contribution in [3.05, 3.63) is 35.5 Å². The monoisotopic (exact) mass is 298 g/mol. The molecule has 1 saturated carbocycles. The SMILES string of the molecule is CCN(C(=O)Cc1c(C)[nH]c2ccccc12)C1CCCCC1. The summed E-state index contributed by atoms with van der Waals surface area (Å²) in [6, 6.07) is 8.72. The first-order valence-electron chi connectivity index (χ1n) is 8.56. The third-order valence-corrected chi connectivity index (χ3v) is 5.03. The van der Waals surface area contributed by atoms with Gasteiger partial charge in [0, 0.05) is 29.2 Å². The van der Waals surface area contributed by atoms with Crippen molar-refractivity contribution in [2.75, 3.05) is 6.54 Å². The Morgan fingerprint density at radius 2 is 1.95 bits per heavy atom. The average Bonchev–Trinajstić information content (AvgIpc) is 2.85. The maximum Gasteiger partial charge on any atom is 0.227 e.